The lowest BCUT2D eigenvalue weighted by Crippen LogP contribution is -2.33. The molecule has 0 aliphatic carbocycles. The van der Waals surface area contributed by atoms with Crippen molar-refractivity contribution in [3.05, 3.63) is 29.6 Å². The van der Waals surface area contributed by atoms with E-state index in [-0.39, 0.29) is 11.7 Å². The maximum Gasteiger partial charge on any atom is 0.161 e. The van der Waals surface area contributed by atoms with E-state index in [1.165, 1.54) is 6.07 Å². The van der Waals surface area contributed by atoms with Crippen LogP contribution in [0.4, 0.5) is 10.1 Å². The molecule has 82 valence electrons. The number of hydrogen-bond donors (Lipinski definition) is 3. The van der Waals surface area contributed by atoms with Crippen molar-refractivity contribution < 1.29 is 9.60 Å². The Morgan fingerprint density at radius 3 is 2.80 bits per heavy atom. The minimum absolute atomic E-state index is 0.00924. The molecule has 0 fully saturated rings. The lowest BCUT2D eigenvalue weighted by atomic mass is 10.2. The van der Waals surface area contributed by atoms with Gasteiger partial charge in [-0.1, -0.05) is 11.2 Å². The highest BCUT2D eigenvalue weighted by molar-refractivity contribution is 5.87. The second-order valence-corrected chi connectivity index (χ2v) is 3.37. The molecule has 0 spiro atoms. The second kappa shape index (κ2) is 4.63. The number of hydrogen-bond acceptors (Lipinski definition) is 3. The number of nitrogens with two attached hydrogens (primary N) is 1. The predicted molar refractivity (Wildman–Crippen MR) is 57.6 cm³/mol. The topological polar surface area (TPSA) is 70.6 Å². The Morgan fingerprint density at radius 2 is 2.27 bits per heavy atom. The van der Waals surface area contributed by atoms with Crippen LogP contribution in [0.15, 0.2) is 23.4 Å². The summed E-state index contributed by atoms with van der Waals surface area (Å²) in [4.78, 5) is 0. The largest absolute Gasteiger partial charge is 0.409 e. The summed E-state index contributed by atoms with van der Waals surface area (Å²) in [7, 11) is 0. The summed E-state index contributed by atoms with van der Waals surface area (Å²) < 4.78 is 13.4. The first-order valence-corrected chi connectivity index (χ1v) is 4.54. The summed E-state index contributed by atoms with van der Waals surface area (Å²) >= 11 is 0. The van der Waals surface area contributed by atoms with Gasteiger partial charge in [0.2, 0.25) is 0 Å². The van der Waals surface area contributed by atoms with Crippen LogP contribution in [-0.4, -0.2) is 17.1 Å². The molecule has 1 aromatic rings. The van der Waals surface area contributed by atoms with Crippen molar-refractivity contribution in [2.45, 2.75) is 19.9 Å². The van der Waals surface area contributed by atoms with Gasteiger partial charge in [0.15, 0.2) is 5.84 Å². The zero-order chi connectivity index (χ0) is 11.4. The molecule has 1 atom stereocenters. The molecule has 1 rings (SSSR count). The minimum atomic E-state index is -0.424. The molecule has 0 heterocycles. The molecule has 0 aliphatic rings. The smallest absolute Gasteiger partial charge is 0.161 e. The van der Waals surface area contributed by atoms with E-state index in [4.69, 9.17) is 10.9 Å². The van der Waals surface area contributed by atoms with Crippen LogP contribution in [0, 0.1) is 12.7 Å². The van der Waals surface area contributed by atoms with Crippen LogP contribution in [0.25, 0.3) is 0 Å². The van der Waals surface area contributed by atoms with Gasteiger partial charge in [-0.3, -0.25) is 0 Å². The number of nitrogens with zero attached hydrogens (tertiary/aromatic N) is 1. The molecule has 1 aromatic carbocycles. The van der Waals surface area contributed by atoms with E-state index in [9.17, 15) is 4.39 Å². The van der Waals surface area contributed by atoms with Gasteiger partial charge in [0.05, 0.1) is 11.7 Å². The highest BCUT2D eigenvalue weighted by atomic mass is 19.1. The molecule has 4 N–H and O–H groups in total. The lowest BCUT2D eigenvalue weighted by Gasteiger charge is -2.14. The van der Waals surface area contributed by atoms with Gasteiger partial charge in [-0.05, 0) is 31.5 Å². The van der Waals surface area contributed by atoms with Crippen molar-refractivity contribution in [2.75, 3.05) is 5.32 Å². The Morgan fingerprint density at radius 1 is 1.60 bits per heavy atom. The first-order valence-electron chi connectivity index (χ1n) is 4.54. The molecule has 15 heavy (non-hydrogen) atoms. The summed E-state index contributed by atoms with van der Waals surface area (Å²) in [5, 5.41) is 14.1. The molecule has 0 saturated heterocycles. The summed E-state index contributed by atoms with van der Waals surface area (Å²) in [6.07, 6.45) is 0. The summed E-state index contributed by atoms with van der Waals surface area (Å²) in [6, 6.07) is 4.39. The average Bonchev–Trinajstić information content (AvgIpc) is 2.20. The Hall–Kier alpha value is -1.78. The van der Waals surface area contributed by atoms with E-state index < -0.39 is 6.04 Å². The van der Waals surface area contributed by atoms with Crippen LogP contribution in [0.2, 0.25) is 0 Å². The highest BCUT2D eigenvalue weighted by Crippen LogP contribution is 2.16. The van der Waals surface area contributed by atoms with E-state index in [1.807, 2.05) is 0 Å². The van der Waals surface area contributed by atoms with Crippen LogP contribution in [0.1, 0.15) is 12.5 Å². The molecule has 4 nitrogen and oxygen atoms in total. The van der Waals surface area contributed by atoms with Crippen LogP contribution < -0.4 is 11.1 Å². The van der Waals surface area contributed by atoms with Crippen molar-refractivity contribution in [1.29, 1.82) is 0 Å². The van der Waals surface area contributed by atoms with Crippen LogP contribution in [0.3, 0.4) is 0 Å². The van der Waals surface area contributed by atoms with E-state index in [2.05, 4.69) is 10.5 Å². The quantitative estimate of drug-likeness (QED) is 0.308. The third kappa shape index (κ3) is 2.83. The van der Waals surface area contributed by atoms with Gasteiger partial charge in [-0.15, -0.1) is 0 Å². The molecule has 0 aliphatic heterocycles. The Kier molecular flexibility index (Phi) is 3.49. The molecule has 5 heteroatoms. The first-order chi connectivity index (χ1) is 7.04. The van der Waals surface area contributed by atoms with Gasteiger partial charge < -0.3 is 16.3 Å². The molecule has 0 aromatic heterocycles. The van der Waals surface area contributed by atoms with E-state index in [1.54, 1.807) is 26.0 Å². The maximum absolute atomic E-state index is 13.4. The Labute approximate surface area is 87.6 Å². The molecule has 0 bridgehead atoms. The fourth-order valence-corrected chi connectivity index (χ4v) is 1.13. The molecule has 0 radical (unpaired) electrons. The van der Waals surface area contributed by atoms with Crippen molar-refractivity contribution in [3.63, 3.8) is 0 Å². The third-order valence-electron chi connectivity index (χ3n) is 2.06. The Bertz CT molecular complexity index is 379. The number of halogens is 1. The second-order valence-electron chi connectivity index (χ2n) is 3.37. The fourth-order valence-electron chi connectivity index (χ4n) is 1.13. The molecular formula is C10H14FN3O. The van der Waals surface area contributed by atoms with Crippen molar-refractivity contribution in [3.8, 4) is 0 Å². The SMILES string of the molecule is Cc1ccc(NC(C)C(N)=NO)c(F)c1. The fraction of sp³-hybridized carbons (Fsp3) is 0.300. The highest BCUT2D eigenvalue weighted by Gasteiger charge is 2.09. The minimum Gasteiger partial charge on any atom is -0.409 e. The number of aryl methyl sites for hydroxylation is 1. The number of oxime groups is 1. The standard InChI is InChI=1S/C10H14FN3O/c1-6-3-4-9(8(11)5-6)13-7(2)10(12)14-15/h3-5,7,13,15H,1-2H3,(H2,12,14). The zero-order valence-electron chi connectivity index (χ0n) is 8.66. The number of amidine groups is 1. The monoisotopic (exact) mass is 211 g/mol. The van der Waals surface area contributed by atoms with Gasteiger partial charge >= 0.3 is 0 Å². The first kappa shape index (κ1) is 11.3. The number of anilines is 1. The molecular weight excluding hydrogens is 197 g/mol. The Balaban J connectivity index is 2.81. The number of benzene rings is 1. The number of nitrogens with one attached hydrogen (secondary N) is 1. The van der Waals surface area contributed by atoms with Gasteiger partial charge in [0.1, 0.15) is 5.82 Å². The number of rotatable bonds is 3. The van der Waals surface area contributed by atoms with Gasteiger partial charge in [0, 0.05) is 0 Å². The van der Waals surface area contributed by atoms with Gasteiger partial charge in [-0.25, -0.2) is 4.39 Å². The van der Waals surface area contributed by atoms with E-state index in [0.29, 0.717) is 5.69 Å². The molecule has 0 amide bonds. The molecule has 1 unspecified atom stereocenters. The lowest BCUT2D eigenvalue weighted by molar-refractivity contribution is 0.316. The van der Waals surface area contributed by atoms with Gasteiger partial charge in [-0.2, -0.15) is 0 Å². The van der Waals surface area contributed by atoms with Crippen molar-refractivity contribution in [2.24, 2.45) is 10.9 Å². The van der Waals surface area contributed by atoms with E-state index in [0.717, 1.165) is 5.56 Å². The van der Waals surface area contributed by atoms with Crippen LogP contribution in [-0.2, 0) is 0 Å². The van der Waals surface area contributed by atoms with Gasteiger partial charge in [0.25, 0.3) is 0 Å². The maximum atomic E-state index is 13.4. The molecule has 0 saturated carbocycles. The predicted octanol–water partition coefficient (Wildman–Crippen LogP) is 1.68. The van der Waals surface area contributed by atoms with E-state index >= 15 is 0 Å². The third-order valence-corrected chi connectivity index (χ3v) is 2.06. The van der Waals surface area contributed by atoms with Crippen molar-refractivity contribution >= 4 is 11.5 Å². The van der Waals surface area contributed by atoms with Crippen LogP contribution >= 0.6 is 0 Å². The van der Waals surface area contributed by atoms with Crippen LogP contribution in [0.5, 0.6) is 0 Å². The summed E-state index contributed by atoms with van der Waals surface area (Å²) in [5.41, 5.74) is 6.53. The summed E-state index contributed by atoms with van der Waals surface area (Å²) in [5.74, 6) is -0.345. The summed E-state index contributed by atoms with van der Waals surface area (Å²) in [6.45, 7) is 3.48. The van der Waals surface area contributed by atoms with Crippen molar-refractivity contribution in [1.82, 2.24) is 0 Å². The zero-order valence-corrected chi connectivity index (χ0v) is 8.66. The average molecular weight is 211 g/mol. The normalized spacial score (nSPS) is 13.7.